The number of unbranched alkanes of at least 4 members (excludes halogenated alkanes) is 1. The highest BCUT2D eigenvalue weighted by Crippen LogP contribution is 2.15. The van der Waals surface area contributed by atoms with Crippen LogP contribution in [0.3, 0.4) is 0 Å². The van der Waals surface area contributed by atoms with E-state index in [1.54, 1.807) is 0 Å². The van der Waals surface area contributed by atoms with Crippen LogP contribution in [0.1, 0.15) is 25.7 Å². The first kappa shape index (κ1) is 19.1. The summed E-state index contributed by atoms with van der Waals surface area (Å²) in [5.41, 5.74) is 0. The average Bonchev–Trinajstić information content (AvgIpc) is 2.47. The molecular weight excluding hydrogens is 264 g/mol. The molecule has 2 atom stereocenters. The van der Waals surface area contributed by atoms with Crippen molar-refractivity contribution >= 4 is 5.97 Å². The number of hydrogen-bond acceptors (Lipinski definition) is 6. The van der Waals surface area contributed by atoms with Crippen molar-refractivity contribution in [2.75, 3.05) is 27.9 Å². The summed E-state index contributed by atoms with van der Waals surface area (Å²) in [6, 6.07) is 0. The van der Waals surface area contributed by atoms with E-state index in [-0.39, 0.29) is 18.5 Å². The van der Waals surface area contributed by atoms with Crippen molar-refractivity contribution in [2.24, 2.45) is 5.92 Å². The van der Waals surface area contributed by atoms with Crippen molar-refractivity contribution in [1.29, 1.82) is 0 Å². The zero-order chi connectivity index (χ0) is 15.4. The van der Waals surface area contributed by atoms with Gasteiger partial charge < -0.3 is 24.4 Å². The second-order valence-electron chi connectivity index (χ2n) is 4.45. The van der Waals surface area contributed by atoms with Gasteiger partial charge in [-0.15, -0.1) is 0 Å². The lowest BCUT2D eigenvalue weighted by molar-refractivity contribution is -0.181. The molecule has 0 saturated carbocycles. The number of ether oxygens (including phenoxy) is 3. The maximum Gasteiger partial charge on any atom is 0.305 e. The summed E-state index contributed by atoms with van der Waals surface area (Å²) in [5, 5.41) is 19.2. The van der Waals surface area contributed by atoms with Gasteiger partial charge in [-0.2, -0.15) is 0 Å². The van der Waals surface area contributed by atoms with Crippen LogP contribution in [-0.2, 0) is 19.0 Å². The molecular formula is C14H26O6. The SMILES string of the molecule is COC(=O)CCC/C=C\CC(CO)C(O)C(OC)OC. The molecule has 0 saturated heterocycles. The third-order valence-electron chi connectivity index (χ3n) is 3.05. The van der Waals surface area contributed by atoms with Gasteiger partial charge in [-0.3, -0.25) is 4.79 Å². The van der Waals surface area contributed by atoms with E-state index in [4.69, 9.17) is 9.47 Å². The smallest absolute Gasteiger partial charge is 0.305 e. The lowest BCUT2D eigenvalue weighted by Crippen LogP contribution is -2.37. The Morgan fingerprint density at radius 3 is 2.35 bits per heavy atom. The van der Waals surface area contributed by atoms with Crippen LogP contribution < -0.4 is 0 Å². The molecule has 0 aliphatic carbocycles. The highest BCUT2D eigenvalue weighted by atomic mass is 16.7. The van der Waals surface area contributed by atoms with Gasteiger partial charge in [-0.25, -0.2) is 0 Å². The van der Waals surface area contributed by atoms with Gasteiger partial charge >= 0.3 is 5.97 Å². The minimum atomic E-state index is -0.894. The minimum absolute atomic E-state index is 0.156. The molecule has 2 unspecified atom stereocenters. The maximum absolute atomic E-state index is 10.9. The van der Waals surface area contributed by atoms with Crippen molar-refractivity contribution in [3.05, 3.63) is 12.2 Å². The Balaban J connectivity index is 4.02. The molecule has 0 aromatic heterocycles. The number of rotatable bonds is 11. The molecule has 118 valence electrons. The fourth-order valence-electron chi connectivity index (χ4n) is 1.77. The van der Waals surface area contributed by atoms with Gasteiger partial charge in [0.25, 0.3) is 0 Å². The molecule has 0 aromatic rings. The maximum atomic E-state index is 10.9. The molecule has 0 amide bonds. The van der Waals surface area contributed by atoms with Gasteiger partial charge in [0.2, 0.25) is 0 Å². The summed E-state index contributed by atoms with van der Waals surface area (Å²) in [4.78, 5) is 10.9. The van der Waals surface area contributed by atoms with Crippen molar-refractivity contribution in [1.82, 2.24) is 0 Å². The highest BCUT2D eigenvalue weighted by Gasteiger charge is 2.26. The molecule has 0 aliphatic rings. The molecule has 0 aromatic carbocycles. The second-order valence-corrected chi connectivity index (χ2v) is 4.45. The van der Waals surface area contributed by atoms with Crippen LogP contribution in [0.4, 0.5) is 0 Å². The highest BCUT2D eigenvalue weighted by molar-refractivity contribution is 5.68. The average molecular weight is 290 g/mol. The Labute approximate surface area is 120 Å². The van der Waals surface area contributed by atoms with Crippen molar-refractivity contribution in [3.8, 4) is 0 Å². The zero-order valence-electron chi connectivity index (χ0n) is 12.4. The van der Waals surface area contributed by atoms with Crippen LogP contribution in [0.25, 0.3) is 0 Å². The third-order valence-corrected chi connectivity index (χ3v) is 3.05. The number of carbonyl (C=O) groups excluding carboxylic acids is 1. The first-order chi connectivity index (χ1) is 9.60. The molecule has 20 heavy (non-hydrogen) atoms. The van der Waals surface area contributed by atoms with E-state index >= 15 is 0 Å². The quantitative estimate of drug-likeness (QED) is 0.254. The van der Waals surface area contributed by atoms with E-state index in [1.165, 1.54) is 21.3 Å². The Morgan fingerprint density at radius 2 is 1.85 bits per heavy atom. The van der Waals surface area contributed by atoms with E-state index in [0.29, 0.717) is 19.3 Å². The van der Waals surface area contributed by atoms with E-state index < -0.39 is 12.4 Å². The number of aliphatic hydroxyl groups is 2. The zero-order valence-corrected chi connectivity index (χ0v) is 12.4. The van der Waals surface area contributed by atoms with Gasteiger partial charge in [-0.05, 0) is 19.3 Å². The molecule has 0 radical (unpaired) electrons. The van der Waals surface area contributed by atoms with E-state index in [9.17, 15) is 15.0 Å². The van der Waals surface area contributed by atoms with Gasteiger partial charge in [0.05, 0.1) is 7.11 Å². The summed E-state index contributed by atoms with van der Waals surface area (Å²) < 4.78 is 14.5. The predicted octanol–water partition coefficient (Wildman–Crippen LogP) is 0.864. The first-order valence-electron chi connectivity index (χ1n) is 6.67. The van der Waals surface area contributed by atoms with Crippen LogP contribution in [0.2, 0.25) is 0 Å². The molecule has 0 heterocycles. The predicted molar refractivity (Wildman–Crippen MR) is 74.0 cm³/mol. The lowest BCUT2D eigenvalue weighted by atomic mass is 9.98. The summed E-state index contributed by atoms with van der Waals surface area (Å²) in [6.45, 7) is -0.156. The van der Waals surface area contributed by atoms with Crippen LogP contribution in [0.15, 0.2) is 12.2 Å². The van der Waals surface area contributed by atoms with Gasteiger partial charge in [0.15, 0.2) is 6.29 Å². The van der Waals surface area contributed by atoms with Crippen LogP contribution >= 0.6 is 0 Å². The number of esters is 1. The number of allylic oxidation sites excluding steroid dienone is 2. The molecule has 6 heteroatoms. The fraction of sp³-hybridized carbons (Fsp3) is 0.786. The fourth-order valence-corrected chi connectivity index (χ4v) is 1.77. The second kappa shape index (κ2) is 11.8. The molecule has 0 spiro atoms. The molecule has 0 bridgehead atoms. The van der Waals surface area contributed by atoms with Crippen molar-refractivity contribution in [2.45, 2.75) is 38.1 Å². The first-order valence-corrected chi connectivity index (χ1v) is 6.67. The van der Waals surface area contributed by atoms with Crippen LogP contribution in [-0.4, -0.2) is 56.5 Å². The van der Waals surface area contributed by atoms with Crippen LogP contribution in [0, 0.1) is 5.92 Å². The summed E-state index contributed by atoms with van der Waals surface area (Å²) in [6.07, 6.45) is 4.53. The molecule has 2 N–H and O–H groups in total. The van der Waals surface area contributed by atoms with Gasteiger partial charge in [-0.1, -0.05) is 12.2 Å². The number of carbonyl (C=O) groups is 1. The Kier molecular flexibility index (Phi) is 11.3. The topological polar surface area (TPSA) is 85.2 Å². The number of hydrogen-bond donors (Lipinski definition) is 2. The molecule has 0 fully saturated rings. The normalized spacial score (nSPS) is 14.7. The van der Waals surface area contributed by atoms with Crippen molar-refractivity contribution in [3.63, 3.8) is 0 Å². The monoisotopic (exact) mass is 290 g/mol. The standard InChI is InChI=1S/C14H26O6/c1-18-12(16)9-7-5-4-6-8-11(10-15)13(17)14(19-2)20-3/h4,6,11,13-15,17H,5,7-10H2,1-3H3/b6-4-. The Bertz CT molecular complexity index is 275. The largest absolute Gasteiger partial charge is 0.469 e. The van der Waals surface area contributed by atoms with E-state index in [2.05, 4.69) is 4.74 Å². The number of methoxy groups -OCH3 is 3. The third kappa shape index (κ3) is 7.59. The Morgan fingerprint density at radius 1 is 1.20 bits per heavy atom. The summed E-state index contributed by atoms with van der Waals surface area (Å²) in [7, 11) is 4.25. The van der Waals surface area contributed by atoms with E-state index in [1.807, 2.05) is 12.2 Å². The molecule has 0 rings (SSSR count). The Hall–Kier alpha value is -0.950. The van der Waals surface area contributed by atoms with Crippen molar-refractivity contribution < 1.29 is 29.2 Å². The molecule has 6 nitrogen and oxygen atoms in total. The number of aliphatic hydroxyl groups excluding tert-OH is 2. The van der Waals surface area contributed by atoms with Gasteiger partial charge in [0.1, 0.15) is 6.10 Å². The summed E-state index contributed by atoms with van der Waals surface area (Å²) in [5.74, 6) is -0.568. The van der Waals surface area contributed by atoms with E-state index in [0.717, 1.165) is 6.42 Å². The summed E-state index contributed by atoms with van der Waals surface area (Å²) >= 11 is 0. The lowest BCUT2D eigenvalue weighted by Gasteiger charge is -2.25. The van der Waals surface area contributed by atoms with Crippen LogP contribution in [0.5, 0.6) is 0 Å². The minimum Gasteiger partial charge on any atom is -0.469 e. The van der Waals surface area contributed by atoms with Gasteiger partial charge in [0, 0.05) is 33.2 Å². The molecule has 0 aliphatic heterocycles.